The van der Waals surface area contributed by atoms with Gasteiger partial charge in [-0.3, -0.25) is 4.55 Å². The molecular weight excluding hydrogens is 552 g/mol. The first kappa shape index (κ1) is 27.1. The van der Waals surface area contributed by atoms with Gasteiger partial charge < -0.3 is 10.2 Å². The number of benzene rings is 4. The van der Waals surface area contributed by atoms with Gasteiger partial charge in [0.25, 0.3) is 10.1 Å². The molecule has 11 heteroatoms. The maximum absolute atomic E-state index is 11.6. The number of aromatic hydroxyl groups is 2. The lowest BCUT2D eigenvalue weighted by atomic mass is 9.85. The van der Waals surface area contributed by atoms with E-state index in [0.29, 0.717) is 11.4 Å². The summed E-state index contributed by atoms with van der Waals surface area (Å²) in [5, 5.41) is 33.3. The molecule has 0 amide bonds. The summed E-state index contributed by atoms with van der Waals surface area (Å²) in [6.07, 6.45) is 0. The predicted octanol–water partition coefficient (Wildman–Crippen LogP) is 7.09. The van der Waals surface area contributed by atoms with Crippen molar-refractivity contribution in [2.75, 3.05) is 0 Å². The van der Waals surface area contributed by atoms with Crippen molar-refractivity contribution in [3.63, 3.8) is 0 Å². The summed E-state index contributed by atoms with van der Waals surface area (Å²) < 4.78 is 33.5. The van der Waals surface area contributed by atoms with Crippen molar-refractivity contribution in [3.05, 3.63) is 124 Å². The van der Waals surface area contributed by atoms with Crippen LogP contribution in [0, 0.1) is 6.92 Å². The van der Waals surface area contributed by atoms with Crippen LogP contribution in [0.4, 0.5) is 11.4 Å². The van der Waals surface area contributed by atoms with E-state index in [1.54, 1.807) is 31.2 Å². The molecule has 9 nitrogen and oxygen atoms in total. The van der Waals surface area contributed by atoms with E-state index >= 15 is 0 Å². The van der Waals surface area contributed by atoms with Gasteiger partial charge in [-0.05, 0) is 66.1 Å². The van der Waals surface area contributed by atoms with E-state index in [1.807, 2.05) is 54.6 Å². The molecular formula is C29H23ClN4O5S. The summed E-state index contributed by atoms with van der Waals surface area (Å²) >= 11 is 6.21. The standard InChI is InChI=1S/C29H23ClN4O5S/c1-18-28(29(36)34(33-18)26-17-24(40(37,38)39)15-16-25(26)30)32-31-22-11-7-20(8-12-22)27(19-5-3-2-4-6-19)21-9-13-23(35)14-10-21/h2-17,27,35-36H,1H3,(H,37,38,39)/b32-31+. The summed E-state index contributed by atoms with van der Waals surface area (Å²) in [4.78, 5) is -0.399. The maximum Gasteiger partial charge on any atom is 0.294 e. The molecule has 0 aliphatic heterocycles. The van der Waals surface area contributed by atoms with Crippen molar-refractivity contribution in [2.45, 2.75) is 17.7 Å². The summed E-state index contributed by atoms with van der Waals surface area (Å²) in [5.74, 6) is -0.272. The summed E-state index contributed by atoms with van der Waals surface area (Å²) in [7, 11) is -4.49. The van der Waals surface area contributed by atoms with Crippen LogP contribution in [0.2, 0.25) is 5.02 Å². The third-order valence-corrected chi connectivity index (χ3v) is 7.47. The van der Waals surface area contributed by atoms with Crippen LogP contribution >= 0.6 is 11.6 Å². The van der Waals surface area contributed by atoms with Crippen LogP contribution < -0.4 is 0 Å². The van der Waals surface area contributed by atoms with Crippen molar-refractivity contribution in [1.29, 1.82) is 0 Å². The van der Waals surface area contributed by atoms with Gasteiger partial charge in [0.05, 0.1) is 27.0 Å². The zero-order valence-electron chi connectivity index (χ0n) is 21.0. The van der Waals surface area contributed by atoms with Crippen LogP contribution in [0.3, 0.4) is 0 Å². The van der Waals surface area contributed by atoms with Crippen LogP contribution in [-0.2, 0) is 10.1 Å². The van der Waals surface area contributed by atoms with E-state index in [4.69, 9.17) is 11.6 Å². The molecule has 0 radical (unpaired) electrons. The number of azo groups is 1. The SMILES string of the molecule is Cc1nn(-c2cc(S(=O)(=O)O)ccc2Cl)c(O)c1/N=N/c1ccc(C(c2ccccc2)c2ccc(O)cc2)cc1. The fraction of sp³-hybridized carbons (Fsp3) is 0.0690. The number of phenolic OH excluding ortho intramolecular Hbond substituents is 1. The van der Waals surface area contributed by atoms with Crippen LogP contribution in [-0.4, -0.2) is 33.0 Å². The third kappa shape index (κ3) is 5.59. The van der Waals surface area contributed by atoms with Crippen molar-refractivity contribution in [2.24, 2.45) is 10.2 Å². The average molecular weight is 575 g/mol. The van der Waals surface area contributed by atoms with Crippen LogP contribution in [0.25, 0.3) is 5.69 Å². The van der Waals surface area contributed by atoms with Crippen molar-refractivity contribution in [3.8, 4) is 17.3 Å². The van der Waals surface area contributed by atoms with Gasteiger partial charge in [0.15, 0.2) is 5.69 Å². The minimum absolute atomic E-state index is 0.0457. The van der Waals surface area contributed by atoms with Gasteiger partial charge in [0.2, 0.25) is 5.88 Å². The van der Waals surface area contributed by atoms with E-state index < -0.39 is 20.9 Å². The Bertz CT molecular complexity index is 1800. The number of rotatable bonds is 7. The molecule has 0 aliphatic carbocycles. The van der Waals surface area contributed by atoms with Gasteiger partial charge in [-0.2, -0.15) is 23.3 Å². The molecule has 40 heavy (non-hydrogen) atoms. The lowest BCUT2D eigenvalue weighted by Gasteiger charge is -2.19. The van der Waals surface area contributed by atoms with E-state index in [0.717, 1.165) is 33.5 Å². The third-order valence-electron chi connectivity index (χ3n) is 6.30. The van der Waals surface area contributed by atoms with Gasteiger partial charge in [-0.1, -0.05) is 66.2 Å². The lowest BCUT2D eigenvalue weighted by Crippen LogP contribution is -2.02. The lowest BCUT2D eigenvalue weighted by molar-refractivity contribution is 0.434. The molecule has 0 bridgehead atoms. The molecule has 0 fully saturated rings. The Morgan fingerprint density at radius 2 is 1.43 bits per heavy atom. The van der Waals surface area contributed by atoms with Gasteiger partial charge in [-0.25, -0.2) is 0 Å². The predicted molar refractivity (Wildman–Crippen MR) is 151 cm³/mol. The second-order valence-corrected chi connectivity index (χ2v) is 10.8. The van der Waals surface area contributed by atoms with E-state index in [1.165, 1.54) is 6.07 Å². The second kappa shape index (κ2) is 10.9. The molecule has 0 saturated carbocycles. The summed E-state index contributed by atoms with van der Waals surface area (Å²) in [5.41, 5.74) is 4.08. The second-order valence-electron chi connectivity index (χ2n) is 8.98. The molecule has 5 aromatic rings. The number of aryl methyl sites for hydroxylation is 1. The number of nitrogens with zero attached hydrogens (tertiary/aromatic N) is 4. The Labute approximate surface area is 235 Å². The molecule has 202 valence electrons. The minimum Gasteiger partial charge on any atom is -0.508 e. The first-order valence-corrected chi connectivity index (χ1v) is 13.8. The largest absolute Gasteiger partial charge is 0.508 e. The maximum atomic E-state index is 11.6. The highest BCUT2D eigenvalue weighted by molar-refractivity contribution is 7.85. The Morgan fingerprint density at radius 1 is 0.825 bits per heavy atom. The number of hydrogen-bond acceptors (Lipinski definition) is 7. The Morgan fingerprint density at radius 3 is 2.05 bits per heavy atom. The Hall–Kier alpha value is -4.51. The molecule has 0 aliphatic rings. The van der Waals surface area contributed by atoms with Gasteiger partial charge in [0.1, 0.15) is 5.75 Å². The Balaban J connectivity index is 1.45. The number of halogens is 1. The Kier molecular flexibility index (Phi) is 7.40. The monoisotopic (exact) mass is 574 g/mol. The van der Waals surface area contributed by atoms with Gasteiger partial charge in [-0.15, -0.1) is 5.11 Å². The van der Waals surface area contributed by atoms with Gasteiger partial charge in [0, 0.05) is 5.92 Å². The van der Waals surface area contributed by atoms with E-state index in [2.05, 4.69) is 15.3 Å². The molecule has 1 atom stereocenters. The molecule has 4 aromatic carbocycles. The highest BCUT2D eigenvalue weighted by atomic mass is 35.5. The molecule has 5 rings (SSSR count). The van der Waals surface area contributed by atoms with E-state index in [9.17, 15) is 23.2 Å². The van der Waals surface area contributed by atoms with Crippen molar-refractivity contribution >= 4 is 33.1 Å². The first-order chi connectivity index (χ1) is 19.1. The molecule has 3 N–H and O–H groups in total. The van der Waals surface area contributed by atoms with Gasteiger partial charge >= 0.3 is 0 Å². The molecule has 1 aromatic heterocycles. The number of phenols is 1. The van der Waals surface area contributed by atoms with Crippen LogP contribution in [0.15, 0.2) is 112 Å². The zero-order valence-corrected chi connectivity index (χ0v) is 22.6. The number of hydrogen-bond donors (Lipinski definition) is 3. The fourth-order valence-corrected chi connectivity index (χ4v) is 5.04. The minimum atomic E-state index is -4.49. The summed E-state index contributed by atoms with van der Waals surface area (Å²) in [6, 6.07) is 28.1. The smallest absolute Gasteiger partial charge is 0.294 e. The first-order valence-electron chi connectivity index (χ1n) is 12.0. The fourth-order valence-electron chi connectivity index (χ4n) is 4.34. The van der Waals surface area contributed by atoms with Crippen molar-refractivity contribution < 1.29 is 23.2 Å². The molecule has 1 heterocycles. The zero-order chi connectivity index (χ0) is 28.4. The molecule has 0 saturated heterocycles. The van der Waals surface area contributed by atoms with Crippen molar-refractivity contribution in [1.82, 2.24) is 9.78 Å². The molecule has 1 unspecified atom stereocenters. The highest BCUT2D eigenvalue weighted by Gasteiger charge is 2.21. The average Bonchev–Trinajstić information content (AvgIpc) is 3.22. The van der Waals surface area contributed by atoms with E-state index in [-0.39, 0.29) is 28.1 Å². The van der Waals surface area contributed by atoms with Crippen LogP contribution in [0.1, 0.15) is 28.3 Å². The molecule has 0 spiro atoms. The normalized spacial score (nSPS) is 12.6. The summed E-state index contributed by atoms with van der Waals surface area (Å²) in [6.45, 7) is 1.61. The number of aromatic nitrogens is 2. The highest BCUT2D eigenvalue weighted by Crippen LogP contribution is 2.37. The quantitative estimate of drug-likeness (QED) is 0.108. The van der Waals surface area contributed by atoms with Crippen LogP contribution in [0.5, 0.6) is 11.6 Å². The topological polar surface area (TPSA) is 137 Å².